The van der Waals surface area contributed by atoms with Crippen LogP contribution in [0.5, 0.6) is 5.75 Å². The first kappa shape index (κ1) is 15.4. The van der Waals surface area contributed by atoms with Crippen LogP contribution in [-0.4, -0.2) is 42.1 Å². The average molecular weight is 317 g/mol. The summed E-state index contributed by atoms with van der Waals surface area (Å²) < 4.78 is 16.6. The molecule has 0 bridgehead atoms. The highest BCUT2D eigenvalue weighted by Crippen LogP contribution is 2.29. The van der Waals surface area contributed by atoms with Crippen molar-refractivity contribution < 1.29 is 23.5 Å². The fourth-order valence-electron chi connectivity index (χ4n) is 2.56. The van der Waals surface area contributed by atoms with E-state index in [4.69, 9.17) is 13.9 Å². The van der Waals surface area contributed by atoms with Crippen molar-refractivity contribution in [1.29, 1.82) is 0 Å². The van der Waals surface area contributed by atoms with E-state index in [1.807, 2.05) is 26.0 Å². The van der Waals surface area contributed by atoms with Gasteiger partial charge in [0.05, 0.1) is 6.54 Å². The van der Waals surface area contributed by atoms with Gasteiger partial charge >= 0.3 is 6.09 Å². The van der Waals surface area contributed by atoms with Crippen molar-refractivity contribution in [2.75, 3.05) is 13.2 Å². The largest absolute Gasteiger partial charge is 0.486 e. The normalized spacial score (nSPS) is 17.8. The summed E-state index contributed by atoms with van der Waals surface area (Å²) in [5, 5.41) is 0.805. The van der Waals surface area contributed by atoms with Crippen molar-refractivity contribution in [1.82, 2.24) is 4.90 Å². The van der Waals surface area contributed by atoms with Gasteiger partial charge < -0.3 is 18.8 Å². The van der Waals surface area contributed by atoms with E-state index in [1.54, 1.807) is 17.0 Å². The van der Waals surface area contributed by atoms with Gasteiger partial charge in [-0.1, -0.05) is 12.1 Å². The number of hydrogen-bond donors (Lipinski definition) is 0. The Labute approximate surface area is 133 Å². The van der Waals surface area contributed by atoms with E-state index in [0.29, 0.717) is 23.6 Å². The molecule has 2 aromatic rings. The summed E-state index contributed by atoms with van der Waals surface area (Å²) in [7, 11) is 0. The molecule has 122 valence electrons. The zero-order valence-corrected chi connectivity index (χ0v) is 13.4. The number of carbonyl (C=O) groups excluding carboxylic acids is 2. The van der Waals surface area contributed by atoms with Gasteiger partial charge in [-0.25, -0.2) is 4.79 Å². The van der Waals surface area contributed by atoms with E-state index in [9.17, 15) is 9.59 Å². The second-order valence-corrected chi connectivity index (χ2v) is 5.90. The van der Waals surface area contributed by atoms with Crippen molar-refractivity contribution in [2.45, 2.75) is 32.9 Å². The predicted molar refractivity (Wildman–Crippen MR) is 83.8 cm³/mol. The number of amides is 1. The lowest BCUT2D eigenvalue weighted by Gasteiger charge is -2.16. The third-order valence-electron chi connectivity index (χ3n) is 3.81. The van der Waals surface area contributed by atoms with Gasteiger partial charge in [0.15, 0.2) is 29.0 Å². The third-order valence-corrected chi connectivity index (χ3v) is 3.81. The standard InChI is InChI=1S/C17H19NO5/c1-10(2)18-8-13(22-17(18)20)9-21-14-6-4-5-12-7-15(11(3)19)23-16(12)14/h4-7,10,13H,8-9H2,1-3H3. The number of ketones is 1. The Hall–Kier alpha value is -2.50. The van der Waals surface area contributed by atoms with Gasteiger partial charge in [-0.2, -0.15) is 0 Å². The smallest absolute Gasteiger partial charge is 0.410 e. The number of nitrogens with zero attached hydrogens (tertiary/aromatic N) is 1. The molecule has 1 aliphatic heterocycles. The molecule has 1 aromatic heterocycles. The van der Waals surface area contributed by atoms with Crippen LogP contribution in [0.1, 0.15) is 31.3 Å². The molecule has 2 heterocycles. The Bertz CT molecular complexity index is 749. The van der Waals surface area contributed by atoms with E-state index < -0.39 is 0 Å². The fourth-order valence-corrected chi connectivity index (χ4v) is 2.56. The number of benzene rings is 1. The molecule has 1 aromatic carbocycles. The van der Waals surface area contributed by atoms with Gasteiger partial charge in [0.2, 0.25) is 0 Å². The quantitative estimate of drug-likeness (QED) is 0.792. The molecule has 1 atom stereocenters. The topological polar surface area (TPSA) is 69.0 Å². The molecule has 1 fully saturated rings. The maximum absolute atomic E-state index is 11.7. The zero-order valence-electron chi connectivity index (χ0n) is 13.4. The Balaban J connectivity index is 1.73. The van der Waals surface area contributed by atoms with E-state index in [2.05, 4.69) is 0 Å². The molecule has 0 N–H and O–H groups in total. The van der Waals surface area contributed by atoms with Crippen LogP contribution in [0.15, 0.2) is 28.7 Å². The van der Waals surface area contributed by atoms with Crippen molar-refractivity contribution in [3.05, 3.63) is 30.0 Å². The average Bonchev–Trinajstić information content (AvgIpc) is 3.08. The first-order valence-corrected chi connectivity index (χ1v) is 7.59. The monoisotopic (exact) mass is 317 g/mol. The first-order chi connectivity index (χ1) is 11.0. The molecule has 6 heteroatoms. The number of rotatable bonds is 5. The molecule has 23 heavy (non-hydrogen) atoms. The number of fused-ring (bicyclic) bond motifs is 1. The minimum absolute atomic E-state index is 0.0964. The minimum Gasteiger partial charge on any atom is -0.486 e. The molecular weight excluding hydrogens is 298 g/mol. The Morgan fingerprint density at radius 2 is 2.22 bits per heavy atom. The van der Waals surface area contributed by atoms with E-state index in [1.165, 1.54) is 6.92 Å². The summed E-state index contributed by atoms with van der Waals surface area (Å²) in [4.78, 5) is 24.8. The Kier molecular flexibility index (Phi) is 3.98. The van der Waals surface area contributed by atoms with Gasteiger partial charge in [0.1, 0.15) is 6.61 Å². The lowest BCUT2D eigenvalue weighted by atomic mass is 10.2. The van der Waals surface area contributed by atoms with Crippen LogP contribution in [-0.2, 0) is 4.74 Å². The Morgan fingerprint density at radius 3 is 2.87 bits per heavy atom. The lowest BCUT2D eigenvalue weighted by Crippen LogP contribution is -2.32. The third kappa shape index (κ3) is 3.02. The van der Waals surface area contributed by atoms with E-state index >= 15 is 0 Å². The van der Waals surface area contributed by atoms with Crippen LogP contribution < -0.4 is 4.74 Å². The molecule has 6 nitrogen and oxygen atoms in total. The summed E-state index contributed by atoms with van der Waals surface area (Å²) in [5.74, 6) is 0.702. The first-order valence-electron chi connectivity index (χ1n) is 7.59. The molecule has 0 saturated carbocycles. The molecule has 3 rings (SSSR count). The van der Waals surface area contributed by atoms with Gasteiger partial charge in [0, 0.05) is 18.4 Å². The van der Waals surface area contributed by atoms with Crippen LogP contribution >= 0.6 is 0 Å². The predicted octanol–water partition coefficient (Wildman–Crippen LogP) is 3.24. The lowest BCUT2D eigenvalue weighted by molar-refractivity contribution is 0.0982. The van der Waals surface area contributed by atoms with Crippen molar-refractivity contribution >= 4 is 22.8 Å². The number of cyclic esters (lactones) is 1. The highest BCUT2D eigenvalue weighted by molar-refractivity contribution is 5.97. The maximum atomic E-state index is 11.7. The van der Waals surface area contributed by atoms with Crippen molar-refractivity contribution in [3.63, 3.8) is 0 Å². The number of furan rings is 1. The van der Waals surface area contributed by atoms with Gasteiger partial charge in [0.25, 0.3) is 0 Å². The second kappa shape index (κ2) is 5.95. The van der Waals surface area contributed by atoms with Crippen LogP contribution in [0.3, 0.4) is 0 Å². The molecule has 1 aliphatic rings. The summed E-state index contributed by atoms with van der Waals surface area (Å²) in [6.07, 6.45) is -0.633. The van der Waals surface area contributed by atoms with Gasteiger partial charge in [-0.05, 0) is 26.0 Å². The number of para-hydroxylation sites is 1. The molecule has 1 saturated heterocycles. The fraction of sp³-hybridized carbons (Fsp3) is 0.412. The highest BCUT2D eigenvalue weighted by Gasteiger charge is 2.33. The van der Waals surface area contributed by atoms with Crippen LogP contribution in [0.4, 0.5) is 4.79 Å². The highest BCUT2D eigenvalue weighted by atomic mass is 16.6. The second-order valence-electron chi connectivity index (χ2n) is 5.90. The van der Waals surface area contributed by atoms with Crippen molar-refractivity contribution in [3.8, 4) is 5.75 Å². The number of hydrogen-bond acceptors (Lipinski definition) is 5. The molecule has 1 unspecified atom stereocenters. The number of Topliss-reactive ketones (excluding diaryl/α,β-unsaturated/α-hetero) is 1. The summed E-state index contributed by atoms with van der Waals surface area (Å²) in [6.45, 7) is 6.08. The summed E-state index contributed by atoms with van der Waals surface area (Å²) >= 11 is 0. The van der Waals surface area contributed by atoms with Crippen molar-refractivity contribution in [2.24, 2.45) is 0 Å². The van der Waals surface area contributed by atoms with Gasteiger partial charge in [-0.3, -0.25) is 4.79 Å². The van der Waals surface area contributed by atoms with E-state index in [0.717, 1.165) is 5.39 Å². The zero-order chi connectivity index (χ0) is 16.6. The molecule has 0 radical (unpaired) electrons. The SMILES string of the molecule is CC(=O)c1cc2cccc(OCC3CN(C(C)C)C(=O)O3)c2o1. The van der Waals surface area contributed by atoms with E-state index in [-0.39, 0.29) is 30.6 Å². The Morgan fingerprint density at radius 1 is 1.43 bits per heavy atom. The van der Waals surface area contributed by atoms with Gasteiger partial charge in [-0.15, -0.1) is 0 Å². The molecule has 1 amide bonds. The molecule has 0 spiro atoms. The number of carbonyl (C=O) groups is 2. The number of ether oxygens (including phenoxy) is 2. The van der Waals surface area contributed by atoms with Crippen LogP contribution in [0.2, 0.25) is 0 Å². The molecule has 0 aliphatic carbocycles. The summed E-state index contributed by atoms with van der Waals surface area (Å²) in [6, 6.07) is 7.25. The molecular formula is C17H19NO5. The minimum atomic E-state index is -0.317. The van der Waals surface area contributed by atoms with Crippen LogP contribution in [0, 0.1) is 0 Å². The van der Waals surface area contributed by atoms with Crippen LogP contribution in [0.25, 0.3) is 11.0 Å². The summed E-state index contributed by atoms with van der Waals surface area (Å²) in [5.41, 5.74) is 0.530. The maximum Gasteiger partial charge on any atom is 0.410 e.